The van der Waals surface area contributed by atoms with Crippen LogP contribution in [0.4, 0.5) is 0 Å². The predicted molar refractivity (Wildman–Crippen MR) is 225 cm³/mol. The number of pyridine rings is 2. The normalized spacial score (nSPS) is 11.7. The third-order valence-electron chi connectivity index (χ3n) is 9.53. The van der Waals surface area contributed by atoms with Gasteiger partial charge in [0.05, 0.1) is 8.07 Å². The number of hydrogen-bond donors (Lipinski definition) is 0. The summed E-state index contributed by atoms with van der Waals surface area (Å²) >= 11 is 1.83. The van der Waals surface area contributed by atoms with Crippen LogP contribution in [-0.2, 0) is 26.5 Å². The van der Waals surface area contributed by atoms with E-state index in [9.17, 15) is 0 Å². The molecule has 2 nitrogen and oxygen atoms in total. The molecule has 0 saturated carbocycles. The molecule has 0 bridgehead atoms. The van der Waals surface area contributed by atoms with E-state index in [1.807, 2.05) is 35.7 Å². The maximum atomic E-state index is 4.71. The van der Waals surface area contributed by atoms with Crippen LogP contribution >= 0.6 is 11.3 Å². The molecular formula is C47H50IrN2SSi-2. The van der Waals surface area contributed by atoms with Gasteiger partial charge in [-0.15, -0.1) is 59.7 Å². The molecule has 0 N–H and O–H groups in total. The van der Waals surface area contributed by atoms with Crippen LogP contribution in [0.25, 0.3) is 53.8 Å². The third-order valence-corrected chi connectivity index (χ3v) is 12.7. The summed E-state index contributed by atoms with van der Waals surface area (Å²) < 4.78 is 2.59. The molecule has 5 heteroatoms. The van der Waals surface area contributed by atoms with E-state index in [-0.39, 0.29) is 25.5 Å². The number of benzene rings is 4. The fourth-order valence-corrected chi connectivity index (χ4v) is 9.50. The monoisotopic (exact) mass is 895 g/mol. The van der Waals surface area contributed by atoms with Gasteiger partial charge in [0.25, 0.3) is 0 Å². The van der Waals surface area contributed by atoms with Gasteiger partial charge in [-0.2, -0.15) is 11.3 Å². The minimum absolute atomic E-state index is 0. The summed E-state index contributed by atoms with van der Waals surface area (Å²) in [7, 11) is -1.37. The topological polar surface area (TPSA) is 25.8 Å². The van der Waals surface area contributed by atoms with Gasteiger partial charge in [0.2, 0.25) is 0 Å². The summed E-state index contributed by atoms with van der Waals surface area (Å²) in [6.07, 6.45) is 7.46. The third kappa shape index (κ3) is 9.43. The minimum Gasteiger partial charge on any atom is -0.305 e. The molecule has 52 heavy (non-hydrogen) atoms. The number of rotatable bonds is 8. The molecule has 3 heterocycles. The Hall–Kier alpha value is -3.73. The van der Waals surface area contributed by atoms with Crippen molar-refractivity contribution in [2.45, 2.75) is 79.4 Å². The standard InChI is InChI=1S/C28H24NS.C19H26NSi.Ir/c1-3-19(4-2)22-14-15-29-26(18-22)23-11-13-28-25(17-23)24-16-21(10-12-27(24)30-28)20-8-6-5-7-9-20;1-19(2,3)13-16-12-17(15-10-8-7-9-11-15)20-14-18(16)21(4,5)6;/h5-10,12-19H,3-4H2,1-2H3;7-10,12,14H,13H2,1-6H3;/q2*-1;. The van der Waals surface area contributed by atoms with E-state index in [0.29, 0.717) is 5.92 Å². The van der Waals surface area contributed by atoms with Gasteiger partial charge in [0.15, 0.2) is 0 Å². The van der Waals surface area contributed by atoms with Crippen LogP contribution in [0.5, 0.6) is 0 Å². The van der Waals surface area contributed by atoms with Gasteiger partial charge >= 0.3 is 0 Å². The quantitative estimate of drug-likeness (QED) is 0.112. The van der Waals surface area contributed by atoms with Crippen molar-refractivity contribution in [1.82, 2.24) is 9.97 Å². The molecule has 4 aromatic carbocycles. The van der Waals surface area contributed by atoms with Gasteiger partial charge in [-0.05, 0) is 86.6 Å². The molecule has 0 fully saturated rings. The van der Waals surface area contributed by atoms with Gasteiger partial charge in [0.1, 0.15) is 0 Å². The first-order valence-electron chi connectivity index (χ1n) is 18.3. The van der Waals surface area contributed by atoms with Crippen molar-refractivity contribution in [1.29, 1.82) is 0 Å². The zero-order chi connectivity index (χ0) is 36.2. The molecule has 0 aliphatic rings. The number of nitrogens with zero attached hydrogens (tertiary/aromatic N) is 2. The van der Waals surface area contributed by atoms with Crippen molar-refractivity contribution in [3.63, 3.8) is 0 Å². The van der Waals surface area contributed by atoms with Crippen molar-refractivity contribution >= 4 is 44.8 Å². The first-order chi connectivity index (χ1) is 24.4. The maximum Gasteiger partial charge on any atom is 0.0798 e. The summed E-state index contributed by atoms with van der Waals surface area (Å²) in [5.41, 5.74) is 9.83. The maximum absolute atomic E-state index is 4.71. The average molecular weight is 895 g/mol. The summed E-state index contributed by atoms with van der Waals surface area (Å²) in [4.78, 5) is 9.38. The molecule has 0 spiro atoms. The molecule has 0 unspecified atom stereocenters. The SMILES string of the molecule is CC(C)(C)Cc1cc(-c2[c-]cccc2)ncc1[Si](C)(C)C.CCC(CC)c1ccnc(-c2[c-]cc3sc4ccc(-c5ccccc5)cc4c3c2)c1.[Ir]. The van der Waals surface area contributed by atoms with Crippen LogP contribution in [0.3, 0.4) is 0 Å². The first-order valence-corrected chi connectivity index (χ1v) is 22.6. The zero-order valence-electron chi connectivity index (χ0n) is 31.8. The van der Waals surface area contributed by atoms with Crippen molar-refractivity contribution < 1.29 is 20.1 Å². The summed E-state index contributed by atoms with van der Waals surface area (Å²) in [5, 5.41) is 4.08. The van der Waals surface area contributed by atoms with Crippen LogP contribution < -0.4 is 5.19 Å². The molecule has 0 aliphatic carbocycles. The Morgan fingerprint density at radius 2 is 1.42 bits per heavy atom. The average Bonchev–Trinajstić information content (AvgIpc) is 3.49. The van der Waals surface area contributed by atoms with E-state index < -0.39 is 8.07 Å². The van der Waals surface area contributed by atoms with E-state index in [1.54, 1.807) is 0 Å². The van der Waals surface area contributed by atoms with Gasteiger partial charge in [-0.3, -0.25) is 0 Å². The van der Waals surface area contributed by atoms with E-state index >= 15 is 0 Å². The number of fused-ring (bicyclic) bond motifs is 3. The minimum atomic E-state index is -1.37. The largest absolute Gasteiger partial charge is 0.305 e. The molecule has 3 aromatic heterocycles. The van der Waals surface area contributed by atoms with Crippen LogP contribution in [0.2, 0.25) is 19.6 Å². The van der Waals surface area contributed by atoms with Crippen molar-refractivity contribution in [3.05, 3.63) is 139 Å². The van der Waals surface area contributed by atoms with Crippen molar-refractivity contribution in [3.8, 4) is 33.6 Å². The Labute approximate surface area is 330 Å². The molecule has 1 radical (unpaired) electrons. The van der Waals surface area contributed by atoms with Crippen LogP contribution in [-0.4, -0.2) is 18.0 Å². The Balaban J connectivity index is 0.000000210. The number of thiophene rings is 1. The Kier molecular flexibility index (Phi) is 12.9. The second kappa shape index (κ2) is 16.9. The molecule has 0 saturated heterocycles. The Bertz CT molecular complexity index is 2230. The summed E-state index contributed by atoms with van der Waals surface area (Å²) in [6.45, 7) is 18.6. The molecule has 0 aliphatic heterocycles. The summed E-state index contributed by atoms with van der Waals surface area (Å²) in [5.74, 6) is 0.589. The van der Waals surface area contributed by atoms with Gasteiger partial charge < -0.3 is 9.97 Å². The molecule has 0 atom stereocenters. The van der Waals surface area contributed by atoms with Gasteiger partial charge in [-0.1, -0.05) is 119 Å². The molecule has 0 amide bonds. The molecule has 269 valence electrons. The van der Waals surface area contributed by atoms with Gasteiger partial charge in [0, 0.05) is 37.2 Å². The van der Waals surface area contributed by atoms with Crippen molar-refractivity contribution in [2.24, 2.45) is 5.41 Å². The summed E-state index contributed by atoms with van der Waals surface area (Å²) in [6, 6.07) is 43.3. The first kappa shape index (κ1) is 39.5. The fourth-order valence-electron chi connectivity index (χ4n) is 6.88. The number of aromatic nitrogens is 2. The van der Waals surface area contributed by atoms with Crippen molar-refractivity contribution in [2.75, 3.05) is 0 Å². The molecule has 7 aromatic rings. The van der Waals surface area contributed by atoms with Crippen LogP contribution in [0.1, 0.15) is 64.5 Å². The van der Waals surface area contributed by atoms with E-state index in [0.717, 1.165) is 41.8 Å². The van der Waals surface area contributed by atoms with Gasteiger partial charge in [-0.25, -0.2) is 0 Å². The Morgan fingerprint density at radius 3 is 2.10 bits per heavy atom. The predicted octanol–water partition coefficient (Wildman–Crippen LogP) is 13.2. The number of hydrogen-bond acceptors (Lipinski definition) is 3. The smallest absolute Gasteiger partial charge is 0.0798 e. The van der Waals surface area contributed by atoms with E-state index in [4.69, 9.17) is 4.98 Å². The van der Waals surface area contributed by atoms with E-state index in [1.165, 1.54) is 47.6 Å². The Morgan fingerprint density at radius 1 is 0.712 bits per heavy atom. The fraction of sp³-hybridized carbons (Fsp3) is 0.277. The second-order valence-electron chi connectivity index (χ2n) is 15.8. The second-order valence-corrected chi connectivity index (χ2v) is 21.9. The zero-order valence-corrected chi connectivity index (χ0v) is 36.0. The molecule has 7 rings (SSSR count). The van der Waals surface area contributed by atoms with Crippen LogP contribution in [0, 0.1) is 17.5 Å². The molecular weight excluding hydrogens is 845 g/mol. The van der Waals surface area contributed by atoms with E-state index in [2.05, 4.69) is 163 Å². The van der Waals surface area contributed by atoms with Crippen LogP contribution in [0.15, 0.2) is 116 Å².